The minimum atomic E-state index is -1.75. The van der Waals surface area contributed by atoms with Crippen LogP contribution in [0.5, 0.6) is 0 Å². The molecular formula is C32H57NO11. The van der Waals surface area contributed by atoms with Crippen LogP contribution in [0.25, 0.3) is 0 Å². The second-order valence-electron chi connectivity index (χ2n) is 12.9. The molecular weight excluding hydrogens is 574 g/mol. The summed E-state index contributed by atoms with van der Waals surface area (Å²) in [5, 5.41) is 55.8. The van der Waals surface area contributed by atoms with Gasteiger partial charge in [0.2, 0.25) is 5.91 Å². The van der Waals surface area contributed by atoms with E-state index in [1.807, 2.05) is 13.0 Å². The number of carboxylic acids is 1. The standard InChI is InChI=1S/C32H57NO11/c1-7-9-10-11-12-13-15-22(35)33-23-20(4)41-21(18-34)24(36)27(23)42-31-26(38)25(37)28(29(43-31)30(39)40)44-32(5,6)17-16-19(3)14-8-2/h16,20-21,23-29,31,34,36-38H,7-15,17-18H2,1-6H3,(H,33,35)(H,39,40)/b19-16-/t20?,21?,23?,24-,25?,26?,27?,28+,29?,31-/m1/s1. The van der Waals surface area contributed by atoms with Gasteiger partial charge in [-0.05, 0) is 47.0 Å². The van der Waals surface area contributed by atoms with Crippen LogP contribution < -0.4 is 5.32 Å². The number of allylic oxidation sites excluding steroid dienone is 1. The van der Waals surface area contributed by atoms with E-state index < -0.39 is 79.3 Å². The highest BCUT2D eigenvalue weighted by Crippen LogP contribution is 2.33. The number of carbonyl (C=O) groups is 2. The molecule has 0 spiro atoms. The first-order chi connectivity index (χ1) is 20.8. The van der Waals surface area contributed by atoms with Gasteiger partial charge in [-0.3, -0.25) is 4.79 Å². The summed E-state index contributed by atoms with van der Waals surface area (Å²) in [6.45, 7) is 10.8. The monoisotopic (exact) mass is 631 g/mol. The number of carbonyl (C=O) groups excluding carboxylic acids is 1. The van der Waals surface area contributed by atoms with Crippen LogP contribution in [0.3, 0.4) is 0 Å². The first kappa shape index (κ1) is 38.5. The van der Waals surface area contributed by atoms with E-state index in [0.717, 1.165) is 50.5 Å². The highest BCUT2D eigenvalue weighted by molar-refractivity contribution is 5.76. The zero-order valence-electron chi connectivity index (χ0n) is 27.3. The van der Waals surface area contributed by atoms with Crippen LogP contribution in [0.2, 0.25) is 0 Å². The normalized spacial score (nSPS) is 33.3. The zero-order valence-corrected chi connectivity index (χ0v) is 27.3. The van der Waals surface area contributed by atoms with Crippen molar-refractivity contribution in [1.82, 2.24) is 5.32 Å². The maximum absolute atomic E-state index is 12.8. The highest BCUT2D eigenvalue weighted by atomic mass is 16.7. The Balaban J connectivity index is 2.18. The third-order valence-electron chi connectivity index (χ3n) is 8.35. The smallest absolute Gasteiger partial charge is 0.335 e. The summed E-state index contributed by atoms with van der Waals surface area (Å²) < 4.78 is 23.4. The molecule has 10 atom stereocenters. The van der Waals surface area contributed by atoms with Gasteiger partial charge in [0, 0.05) is 6.42 Å². The lowest BCUT2D eigenvalue weighted by Crippen LogP contribution is -2.68. The Morgan fingerprint density at radius 2 is 1.57 bits per heavy atom. The lowest BCUT2D eigenvalue weighted by Gasteiger charge is -2.48. The molecule has 0 saturated carbocycles. The third-order valence-corrected chi connectivity index (χ3v) is 8.35. The van der Waals surface area contributed by atoms with E-state index in [1.165, 1.54) is 0 Å². The molecule has 0 aliphatic carbocycles. The van der Waals surface area contributed by atoms with Gasteiger partial charge >= 0.3 is 5.97 Å². The Morgan fingerprint density at radius 1 is 0.909 bits per heavy atom. The molecule has 6 N–H and O–H groups in total. The first-order valence-electron chi connectivity index (χ1n) is 16.2. The molecule has 2 aliphatic heterocycles. The van der Waals surface area contributed by atoms with Crippen molar-refractivity contribution in [2.45, 2.75) is 173 Å². The molecule has 256 valence electrons. The molecule has 44 heavy (non-hydrogen) atoms. The van der Waals surface area contributed by atoms with Gasteiger partial charge < -0.3 is 49.8 Å². The Kier molecular flexibility index (Phi) is 16.2. The second kappa shape index (κ2) is 18.5. The largest absolute Gasteiger partial charge is 0.479 e. The van der Waals surface area contributed by atoms with Gasteiger partial charge in [0.25, 0.3) is 0 Å². The number of carboxylic acid groups (broad SMARTS) is 1. The van der Waals surface area contributed by atoms with Crippen LogP contribution >= 0.6 is 0 Å². The predicted octanol–water partition coefficient (Wildman–Crippen LogP) is 2.58. The molecule has 7 unspecified atom stereocenters. The number of unbranched alkanes of at least 4 members (excludes halogenated alkanes) is 5. The minimum Gasteiger partial charge on any atom is -0.479 e. The van der Waals surface area contributed by atoms with Gasteiger partial charge in [0.05, 0.1) is 24.4 Å². The summed E-state index contributed by atoms with van der Waals surface area (Å²) in [4.78, 5) is 25.1. The van der Waals surface area contributed by atoms with E-state index in [9.17, 15) is 35.1 Å². The van der Waals surface area contributed by atoms with E-state index in [-0.39, 0.29) is 12.3 Å². The molecule has 0 bridgehead atoms. The van der Waals surface area contributed by atoms with Crippen molar-refractivity contribution in [3.05, 3.63) is 11.6 Å². The lowest BCUT2D eigenvalue weighted by atomic mass is 9.92. The number of hydrogen-bond donors (Lipinski definition) is 6. The Hall–Kier alpha value is -1.64. The Labute approximate surface area is 262 Å². The van der Waals surface area contributed by atoms with Crippen molar-refractivity contribution in [1.29, 1.82) is 0 Å². The number of rotatable bonds is 18. The Bertz CT molecular complexity index is 913. The van der Waals surface area contributed by atoms with Crippen molar-refractivity contribution in [3.63, 3.8) is 0 Å². The molecule has 0 radical (unpaired) electrons. The van der Waals surface area contributed by atoms with Crippen LogP contribution in [-0.4, -0.2) is 111 Å². The molecule has 1 amide bonds. The number of aliphatic hydroxyl groups is 4. The lowest BCUT2D eigenvalue weighted by molar-refractivity contribution is -0.336. The SMILES string of the molecule is CCCCCCCCC(=O)NC1C(C)OC(CO)[C@@H](O)C1O[C@@H]1OC(C(=O)O)[C@@H](OC(C)(C)C/C=C(/C)CCC)C(O)C1O. The summed E-state index contributed by atoms with van der Waals surface area (Å²) in [6, 6.07) is -0.914. The second-order valence-corrected chi connectivity index (χ2v) is 12.9. The van der Waals surface area contributed by atoms with Crippen LogP contribution in [0.1, 0.15) is 106 Å². The maximum Gasteiger partial charge on any atom is 0.335 e. The summed E-state index contributed by atoms with van der Waals surface area (Å²) >= 11 is 0. The zero-order chi connectivity index (χ0) is 33.0. The highest BCUT2D eigenvalue weighted by Gasteiger charge is 2.53. The molecule has 2 fully saturated rings. The molecule has 0 aromatic rings. The number of aliphatic hydroxyl groups excluding tert-OH is 4. The van der Waals surface area contributed by atoms with Gasteiger partial charge in [-0.25, -0.2) is 4.79 Å². The number of amides is 1. The van der Waals surface area contributed by atoms with Crippen LogP contribution in [-0.2, 0) is 28.5 Å². The van der Waals surface area contributed by atoms with Gasteiger partial charge in [-0.2, -0.15) is 0 Å². The maximum atomic E-state index is 12.8. The fourth-order valence-electron chi connectivity index (χ4n) is 5.74. The molecule has 2 heterocycles. The number of ether oxygens (including phenoxy) is 4. The first-order valence-corrected chi connectivity index (χ1v) is 16.2. The summed E-state index contributed by atoms with van der Waals surface area (Å²) in [5.74, 6) is -1.71. The van der Waals surface area contributed by atoms with Gasteiger partial charge in [0.1, 0.15) is 36.6 Å². The average Bonchev–Trinajstić information content (AvgIpc) is 2.96. The minimum absolute atomic E-state index is 0.256. The van der Waals surface area contributed by atoms with E-state index in [0.29, 0.717) is 12.8 Å². The molecule has 0 aromatic carbocycles. The van der Waals surface area contributed by atoms with Crippen LogP contribution in [0.15, 0.2) is 11.6 Å². The van der Waals surface area contributed by atoms with E-state index in [1.54, 1.807) is 20.8 Å². The van der Waals surface area contributed by atoms with Crippen molar-refractivity contribution in [2.24, 2.45) is 0 Å². The predicted molar refractivity (Wildman–Crippen MR) is 163 cm³/mol. The molecule has 2 rings (SSSR count). The van der Waals surface area contributed by atoms with Crippen LogP contribution in [0.4, 0.5) is 0 Å². The summed E-state index contributed by atoms with van der Waals surface area (Å²) in [6.07, 6.45) is -2.15. The van der Waals surface area contributed by atoms with Crippen molar-refractivity contribution >= 4 is 11.9 Å². The third kappa shape index (κ3) is 11.3. The van der Waals surface area contributed by atoms with Gasteiger partial charge in [-0.1, -0.05) is 64.0 Å². The fraction of sp³-hybridized carbons (Fsp3) is 0.875. The van der Waals surface area contributed by atoms with Crippen molar-refractivity contribution < 1.29 is 54.1 Å². The number of nitrogens with one attached hydrogen (secondary N) is 1. The molecule has 2 aliphatic rings. The van der Waals surface area contributed by atoms with Gasteiger partial charge in [-0.15, -0.1) is 0 Å². The number of hydrogen-bond acceptors (Lipinski definition) is 10. The summed E-state index contributed by atoms with van der Waals surface area (Å²) in [7, 11) is 0. The number of aliphatic carboxylic acids is 1. The average molecular weight is 632 g/mol. The van der Waals surface area contributed by atoms with E-state index in [2.05, 4.69) is 19.2 Å². The van der Waals surface area contributed by atoms with Gasteiger partial charge in [0.15, 0.2) is 12.4 Å². The Morgan fingerprint density at radius 3 is 2.18 bits per heavy atom. The topological polar surface area (TPSA) is 184 Å². The van der Waals surface area contributed by atoms with Crippen molar-refractivity contribution in [2.75, 3.05) is 6.61 Å². The molecule has 0 aromatic heterocycles. The quantitative estimate of drug-likeness (QED) is 0.0965. The summed E-state index contributed by atoms with van der Waals surface area (Å²) in [5.41, 5.74) is 0.268. The van der Waals surface area contributed by atoms with Crippen molar-refractivity contribution in [3.8, 4) is 0 Å². The molecule has 12 nitrogen and oxygen atoms in total. The molecule has 12 heteroatoms. The molecule has 2 saturated heterocycles. The fourth-order valence-corrected chi connectivity index (χ4v) is 5.74. The van der Waals surface area contributed by atoms with E-state index >= 15 is 0 Å². The van der Waals surface area contributed by atoms with E-state index in [4.69, 9.17) is 18.9 Å². The van der Waals surface area contributed by atoms with Crippen LogP contribution in [0, 0.1) is 0 Å².